The predicted molar refractivity (Wildman–Crippen MR) is 94.8 cm³/mol. The largest absolute Gasteiger partial charge is 0.493 e. The molecule has 0 aliphatic carbocycles. The van der Waals surface area contributed by atoms with Crippen LogP contribution in [0.5, 0.6) is 5.75 Å². The molecule has 0 saturated heterocycles. The smallest absolute Gasteiger partial charge is 0.123 e. The molecule has 0 saturated carbocycles. The molecule has 0 radical (unpaired) electrons. The highest BCUT2D eigenvalue weighted by Gasteiger charge is 2.17. The van der Waals surface area contributed by atoms with Gasteiger partial charge in [-0.15, -0.1) is 0 Å². The van der Waals surface area contributed by atoms with E-state index in [1.54, 1.807) is 0 Å². The average molecular weight is 356 g/mol. The summed E-state index contributed by atoms with van der Waals surface area (Å²) in [7, 11) is 0. The molecule has 1 aromatic rings. The van der Waals surface area contributed by atoms with E-state index in [2.05, 4.69) is 68.0 Å². The summed E-state index contributed by atoms with van der Waals surface area (Å²) >= 11 is 3.55. The third-order valence-corrected chi connectivity index (χ3v) is 4.39. The molecule has 0 bridgehead atoms. The lowest BCUT2D eigenvalue weighted by atomic mass is 9.85. The van der Waals surface area contributed by atoms with E-state index < -0.39 is 0 Å². The zero-order chi connectivity index (χ0) is 15.8. The molecule has 0 spiro atoms. The van der Waals surface area contributed by atoms with Gasteiger partial charge in [-0.1, -0.05) is 50.5 Å². The SMILES string of the molecule is CCCOc1ccc(Br)cc1CNCC(C(C)C)C(C)C. The summed E-state index contributed by atoms with van der Waals surface area (Å²) in [6.45, 7) is 14.0. The number of halogens is 1. The Hall–Kier alpha value is -0.540. The van der Waals surface area contributed by atoms with Gasteiger partial charge in [0.05, 0.1) is 6.61 Å². The van der Waals surface area contributed by atoms with Crippen molar-refractivity contribution in [1.29, 1.82) is 0 Å². The first kappa shape index (κ1) is 18.5. The van der Waals surface area contributed by atoms with Gasteiger partial charge in [-0.05, 0) is 48.9 Å². The molecule has 120 valence electrons. The van der Waals surface area contributed by atoms with Crippen LogP contribution in [-0.2, 0) is 6.54 Å². The van der Waals surface area contributed by atoms with Gasteiger partial charge in [-0.2, -0.15) is 0 Å². The van der Waals surface area contributed by atoms with Crippen LogP contribution in [0, 0.1) is 17.8 Å². The Bertz CT molecular complexity index is 410. The first-order valence-corrected chi connectivity index (χ1v) is 8.86. The lowest BCUT2D eigenvalue weighted by Gasteiger charge is -2.25. The molecule has 1 N–H and O–H groups in total. The molecule has 0 atom stereocenters. The van der Waals surface area contributed by atoms with E-state index in [1.165, 1.54) is 5.56 Å². The molecule has 21 heavy (non-hydrogen) atoms. The Morgan fingerprint density at radius 1 is 1.14 bits per heavy atom. The number of nitrogens with one attached hydrogen (secondary N) is 1. The Morgan fingerprint density at radius 3 is 2.38 bits per heavy atom. The molecule has 3 heteroatoms. The maximum Gasteiger partial charge on any atom is 0.123 e. The maximum absolute atomic E-state index is 5.83. The minimum absolute atomic E-state index is 0.704. The van der Waals surface area contributed by atoms with E-state index in [9.17, 15) is 0 Å². The fourth-order valence-electron chi connectivity index (χ4n) is 2.65. The molecule has 0 amide bonds. The third kappa shape index (κ3) is 6.39. The van der Waals surface area contributed by atoms with Crippen LogP contribution in [-0.4, -0.2) is 13.2 Å². The van der Waals surface area contributed by atoms with Crippen LogP contribution in [0.25, 0.3) is 0 Å². The quantitative estimate of drug-likeness (QED) is 0.652. The number of benzene rings is 1. The van der Waals surface area contributed by atoms with Gasteiger partial charge in [0.1, 0.15) is 5.75 Å². The fourth-order valence-corrected chi connectivity index (χ4v) is 3.06. The molecule has 0 unspecified atom stereocenters. The second kappa shape index (κ2) is 9.47. The van der Waals surface area contributed by atoms with Crippen LogP contribution in [0.15, 0.2) is 22.7 Å². The lowest BCUT2D eigenvalue weighted by molar-refractivity contribution is 0.274. The van der Waals surface area contributed by atoms with E-state index >= 15 is 0 Å². The van der Waals surface area contributed by atoms with E-state index in [4.69, 9.17) is 4.74 Å². The summed E-state index contributed by atoms with van der Waals surface area (Å²) in [6.07, 6.45) is 1.03. The molecule has 1 aromatic carbocycles. The Morgan fingerprint density at radius 2 is 1.81 bits per heavy atom. The number of hydrogen-bond donors (Lipinski definition) is 1. The normalized spacial score (nSPS) is 11.7. The van der Waals surface area contributed by atoms with Crippen LogP contribution < -0.4 is 10.1 Å². The highest BCUT2D eigenvalue weighted by atomic mass is 79.9. The van der Waals surface area contributed by atoms with E-state index in [1.807, 2.05) is 6.07 Å². The third-order valence-electron chi connectivity index (χ3n) is 3.89. The average Bonchev–Trinajstić information content (AvgIpc) is 2.41. The summed E-state index contributed by atoms with van der Waals surface area (Å²) in [5.74, 6) is 3.11. The summed E-state index contributed by atoms with van der Waals surface area (Å²) < 4.78 is 6.94. The van der Waals surface area contributed by atoms with Crippen molar-refractivity contribution in [1.82, 2.24) is 5.32 Å². The monoisotopic (exact) mass is 355 g/mol. The molecule has 0 aromatic heterocycles. The summed E-state index contributed by atoms with van der Waals surface area (Å²) in [4.78, 5) is 0. The van der Waals surface area contributed by atoms with Crippen molar-refractivity contribution in [2.45, 2.75) is 47.6 Å². The maximum atomic E-state index is 5.83. The molecule has 0 aliphatic rings. The zero-order valence-electron chi connectivity index (χ0n) is 14.1. The van der Waals surface area contributed by atoms with Crippen molar-refractivity contribution >= 4 is 15.9 Å². The summed E-state index contributed by atoms with van der Waals surface area (Å²) in [5, 5.41) is 3.61. The van der Waals surface area contributed by atoms with E-state index in [0.29, 0.717) is 17.8 Å². The molecular weight excluding hydrogens is 326 g/mol. The van der Waals surface area contributed by atoms with Gasteiger partial charge in [-0.3, -0.25) is 0 Å². The van der Waals surface area contributed by atoms with E-state index in [0.717, 1.165) is 36.3 Å². The van der Waals surface area contributed by atoms with Crippen LogP contribution >= 0.6 is 15.9 Å². The molecule has 0 heterocycles. The standard InChI is InChI=1S/C18H30BrNO/c1-6-9-21-18-8-7-16(19)10-15(18)11-20-12-17(13(2)3)14(4)5/h7-8,10,13-14,17,20H,6,9,11-12H2,1-5H3. The number of hydrogen-bond acceptors (Lipinski definition) is 2. The van der Waals surface area contributed by atoms with Crippen LogP contribution in [0.1, 0.15) is 46.6 Å². The van der Waals surface area contributed by atoms with Crippen molar-refractivity contribution in [3.05, 3.63) is 28.2 Å². The minimum Gasteiger partial charge on any atom is -0.493 e. The fraction of sp³-hybridized carbons (Fsp3) is 0.667. The van der Waals surface area contributed by atoms with Gasteiger partial charge < -0.3 is 10.1 Å². The molecular formula is C18H30BrNO. The highest BCUT2D eigenvalue weighted by Crippen LogP contribution is 2.24. The second-order valence-corrected chi connectivity index (χ2v) is 7.30. The Kier molecular flexibility index (Phi) is 8.35. The van der Waals surface area contributed by atoms with Crippen molar-refractivity contribution < 1.29 is 4.74 Å². The minimum atomic E-state index is 0.704. The summed E-state index contributed by atoms with van der Waals surface area (Å²) in [5.41, 5.74) is 1.23. The predicted octanol–water partition coefficient (Wildman–Crippen LogP) is 5.26. The van der Waals surface area contributed by atoms with Crippen molar-refractivity contribution in [2.24, 2.45) is 17.8 Å². The van der Waals surface area contributed by atoms with Crippen LogP contribution in [0.2, 0.25) is 0 Å². The van der Waals surface area contributed by atoms with Crippen LogP contribution in [0.4, 0.5) is 0 Å². The molecule has 0 fully saturated rings. The zero-order valence-corrected chi connectivity index (χ0v) is 15.7. The topological polar surface area (TPSA) is 21.3 Å². The first-order chi connectivity index (χ1) is 9.95. The molecule has 1 rings (SSSR count). The van der Waals surface area contributed by atoms with Gasteiger partial charge in [0.25, 0.3) is 0 Å². The summed E-state index contributed by atoms with van der Waals surface area (Å²) in [6, 6.07) is 6.25. The molecule has 2 nitrogen and oxygen atoms in total. The highest BCUT2D eigenvalue weighted by molar-refractivity contribution is 9.10. The van der Waals surface area contributed by atoms with Crippen molar-refractivity contribution in [3.63, 3.8) is 0 Å². The van der Waals surface area contributed by atoms with E-state index in [-0.39, 0.29) is 0 Å². The first-order valence-electron chi connectivity index (χ1n) is 8.07. The van der Waals surface area contributed by atoms with Crippen LogP contribution in [0.3, 0.4) is 0 Å². The van der Waals surface area contributed by atoms with Gasteiger partial charge in [0.2, 0.25) is 0 Å². The van der Waals surface area contributed by atoms with Gasteiger partial charge >= 0.3 is 0 Å². The second-order valence-electron chi connectivity index (χ2n) is 6.38. The van der Waals surface area contributed by atoms with Gasteiger partial charge in [0.15, 0.2) is 0 Å². The lowest BCUT2D eigenvalue weighted by Crippen LogP contribution is -2.29. The molecule has 0 aliphatic heterocycles. The van der Waals surface area contributed by atoms with Gasteiger partial charge in [-0.25, -0.2) is 0 Å². The van der Waals surface area contributed by atoms with Gasteiger partial charge in [0, 0.05) is 16.6 Å². The van der Waals surface area contributed by atoms with Crippen molar-refractivity contribution in [3.8, 4) is 5.75 Å². The number of rotatable bonds is 9. The Labute approximate surface area is 138 Å². The Balaban J connectivity index is 2.63. The van der Waals surface area contributed by atoms with Crippen molar-refractivity contribution in [2.75, 3.05) is 13.2 Å². The number of ether oxygens (including phenoxy) is 1.